The molecule has 1 aromatic heterocycles. The van der Waals surface area contributed by atoms with Gasteiger partial charge in [-0.15, -0.1) is 0 Å². The molecule has 0 radical (unpaired) electrons. The molecule has 13 heavy (non-hydrogen) atoms. The summed E-state index contributed by atoms with van der Waals surface area (Å²) < 4.78 is 4.68. The van der Waals surface area contributed by atoms with E-state index in [-0.39, 0.29) is 23.3 Å². The molecule has 0 spiro atoms. The van der Waals surface area contributed by atoms with E-state index in [9.17, 15) is 9.59 Å². The van der Waals surface area contributed by atoms with E-state index in [2.05, 4.69) is 15.0 Å². The van der Waals surface area contributed by atoms with Gasteiger partial charge in [-0.2, -0.15) is 5.16 Å². The number of carbonyl (C=O) groups excluding carboxylic acids is 1. The second kappa shape index (κ2) is 3.08. The van der Waals surface area contributed by atoms with Crippen LogP contribution in [0.3, 0.4) is 0 Å². The summed E-state index contributed by atoms with van der Waals surface area (Å²) in [6.45, 7) is 0. The van der Waals surface area contributed by atoms with Crippen molar-refractivity contribution in [2.45, 2.75) is 19.3 Å². The molecule has 0 aromatic carbocycles. The van der Waals surface area contributed by atoms with Crippen molar-refractivity contribution in [3.8, 4) is 0 Å². The van der Waals surface area contributed by atoms with Gasteiger partial charge in [-0.1, -0.05) is 6.42 Å². The number of nitrogens with one attached hydrogen (secondary N) is 2. The van der Waals surface area contributed by atoms with Crippen LogP contribution in [0.15, 0.2) is 15.4 Å². The molecule has 0 saturated heterocycles. The van der Waals surface area contributed by atoms with E-state index in [4.69, 9.17) is 0 Å². The average molecular weight is 182 g/mol. The molecule has 1 aliphatic rings. The Morgan fingerprint density at radius 2 is 2.38 bits per heavy atom. The van der Waals surface area contributed by atoms with Crippen molar-refractivity contribution in [2.24, 2.45) is 5.92 Å². The van der Waals surface area contributed by atoms with Crippen LogP contribution in [0.4, 0.5) is 5.88 Å². The van der Waals surface area contributed by atoms with E-state index in [1.54, 1.807) is 0 Å². The Labute approximate surface area is 74.1 Å². The van der Waals surface area contributed by atoms with Crippen LogP contribution in [0, 0.1) is 5.92 Å². The molecule has 0 aliphatic heterocycles. The topological polar surface area (TPSA) is 75.1 Å². The van der Waals surface area contributed by atoms with Crippen molar-refractivity contribution in [3.63, 3.8) is 0 Å². The summed E-state index contributed by atoms with van der Waals surface area (Å²) in [4.78, 5) is 21.9. The third-order valence-electron chi connectivity index (χ3n) is 2.25. The lowest BCUT2D eigenvalue weighted by molar-refractivity contribution is -0.122. The van der Waals surface area contributed by atoms with Gasteiger partial charge in [0, 0.05) is 5.92 Å². The SMILES string of the molecule is O=C(Nc1cc(=O)[nH]o1)C1CCC1. The van der Waals surface area contributed by atoms with Crippen LogP contribution < -0.4 is 10.9 Å². The minimum absolute atomic E-state index is 0.0611. The van der Waals surface area contributed by atoms with Crippen LogP contribution in [0.25, 0.3) is 0 Å². The predicted molar refractivity (Wildman–Crippen MR) is 45.3 cm³/mol. The Morgan fingerprint density at radius 1 is 1.62 bits per heavy atom. The van der Waals surface area contributed by atoms with Crippen molar-refractivity contribution in [1.82, 2.24) is 5.16 Å². The summed E-state index contributed by atoms with van der Waals surface area (Å²) in [5, 5.41) is 4.63. The fraction of sp³-hybridized carbons (Fsp3) is 0.500. The third kappa shape index (κ3) is 1.63. The highest BCUT2D eigenvalue weighted by molar-refractivity contribution is 5.91. The summed E-state index contributed by atoms with van der Waals surface area (Å²) >= 11 is 0. The number of rotatable bonds is 2. The number of amides is 1. The van der Waals surface area contributed by atoms with Crippen molar-refractivity contribution >= 4 is 11.8 Å². The number of aromatic nitrogens is 1. The molecule has 0 unspecified atom stereocenters. The van der Waals surface area contributed by atoms with E-state index < -0.39 is 0 Å². The molecule has 1 heterocycles. The van der Waals surface area contributed by atoms with Gasteiger partial charge in [-0.05, 0) is 12.8 Å². The first kappa shape index (κ1) is 8.10. The largest absolute Gasteiger partial charge is 0.361 e. The standard InChI is InChI=1S/C8H10N2O3/c11-6-4-7(13-10-6)9-8(12)5-2-1-3-5/h4-5H,1-3H2,(H,9,12)(H,10,11). The highest BCUT2D eigenvalue weighted by Crippen LogP contribution is 2.27. The Hall–Kier alpha value is -1.52. The molecular formula is C8H10N2O3. The second-order valence-electron chi connectivity index (χ2n) is 3.19. The van der Waals surface area contributed by atoms with Gasteiger partial charge in [0.2, 0.25) is 11.8 Å². The van der Waals surface area contributed by atoms with Crippen LogP contribution >= 0.6 is 0 Å². The number of hydrogen-bond donors (Lipinski definition) is 2. The minimum Gasteiger partial charge on any atom is -0.361 e. The van der Waals surface area contributed by atoms with E-state index in [1.807, 2.05) is 0 Å². The van der Waals surface area contributed by atoms with Crippen molar-refractivity contribution in [1.29, 1.82) is 0 Å². The zero-order valence-corrected chi connectivity index (χ0v) is 7.00. The Bertz CT molecular complexity index is 361. The molecular weight excluding hydrogens is 172 g/mol. The summed E-state index contributed by atoms with van der Waals surface area (Å²) in [5.74, 6) is 0.233. The second-order valence-corrected chi connectivity index (χ2v) is 3.19. The van der Waals surface area contributed by atoms with Gasteiger partial charge < -0.3 is 4.52 Å². The number of anilines is 1. The summed E-state index contributed by atoms with van der Waals surface area (Å²) in [6, 6.07) is 1.22. The van der Waals surface area contributed by atoms with Gasteiger partial charge in [-0.25, -0.2) is 0 Å². The number of carbonyl (C=O) groups is 1. The van der Waals surface area contributed by atoms with Gasteiger partial charge in [0.25, 0.3) is 5.56 Å². The highest BCUT2D eigenvalue weighted by atomic mass is 16.5. The van der Waals surface area contributed by atoms with Gasteiger partial charge >= 0.3 is 0 Å². The van der Waals surface area contributed by atoms with E-state index in [0.29, 0.717) is 0 Å². The molecule has 1 saturated carbocycles. The predicted octanol–water partition coefficient (Wildman–Crippen LogP) is 0.707. The minimum atomic E-state index is -0.344. The fourth-order valence-corrected chi connectivity index (χ4v) is 1.24. The van der Waals surface area contributed by atoms with Crippen molar-refractivity contribution < 1.29 is 9.32 Å². The van der Waals surface area contributed by atoms with Crippen LogP contribution in [0.1, 0.15) is 19.3 Å². The quantitative estimate of drug-likeness (QED) is 0.707. The van der Waals surface area contributed by atoms with Gasteiger partial charge in [0.15, 0.2) is 0 Å². The summed E-state index contributed by atoms with van der Waals surface area (Å²) in [7, 11) is 0. The molecule has 1 aliphatic carbocycles. The number of H-pyrrole nitrogens is 1. The fourth-order valence-electron chi connectivity index (χ4n) is 1.24. The molecule has 0 bridgehead atoms. The number of hydrogen-bond acceptors (Lipinski definition) is 3. The van der Waals surface area contributed by atoms with E-state index >= 15 is 0 Å². The lowest BCUT2D eigenvalue weighted by atomic mass is 9.85. The smallest absolute Gasteiger partial charge is 0.282 e. The summed E-state index contributed by atoms with van der Waals surface area (Å²) in [6.07, 6.45) is 2.97. The molecule has 5 nitrogen and oxygen atoms in total. The van der Waals surface area contributed by atoms with Crippen LogP contribution in [0.2, 0.25) is 0 Å². The Kier molecular flexibility index (Phi) is 1.92. The first-order valence-corrected chi connectivity index (χ1v) is 4.25. The first-order valence-electron chi connectivity index (χ1n) is 4.25. The van der Waals surface area contributed by atoms with Gasteiger partial charge in [0.1, 0.15) is 0 Å². The summed E-state index contributed by atoms with van der Waals surface area (Å²) in [5.41, 5.74) is -0.344. The van der Waals surface area contributed by atoms with Gasteiger partial charge in [-0.3, -0.25) is 14.9 Å². The maximum atomic E-state index is 11.3. The van der Waals surface area contributed by atoms with Gasteiger partial charge in [0.05, 0.1) is 6.07 Å². The normalized spacial score (nSPS) is 16.6. The van der Waals surface area contributed by atoms with Crippen LogP contribution in [-0.4, -0.2) is 11.1 Å². The Morgan fingerprint density at radius 3 is 2.85 bits per heavy atom. The van der Waals surface area contributed by atoms with Crippen LogP contribution in [0.5, 0.6) is 0 Å². The van der Waals surface area contributed by atoms with E-state index in [0.717, 1.165) is 19.3 Å². The van der Waals surface area contributed by atoms with E-state index in [1.165, 1.54) is 6.07 Å². The van der Waals surface area contributed by atoms with Crippen molar-refractivity contribution in [3.05, 3.63) is 16.4 Å². The molecule has 70 valence electrons. The Balaban J connectivity index is 1.97. The van der Waals surface area contributed by atoms with Crippen molar-refractivity contribution in [2.75, 3.05) is 5.32 Å². The monoisotopic (exact) mass is 182 g/mol. The molecule has 1 amide bonds. The third-order valence-corrected chi connectivity index (χ3v) is 2.25. The number of aromatic amines is 1. The maximum Gasteiger partial charge on any atom is 0.282 e. The lowest BCUT2D eigenvalue weighted by Gasteiger charge is -2.23. The zero-order chi connectivity index (χ0) is 9.26. The zero-order valence-electron chi connectivity index (χ0n) is 7.00. The highest BCUT2D eigenvalue weighted by Gasteiger charge is 2.25. The van der Waals surface area contributed by atoms with Crippen LogP contribution in [-0.2, 0) is 4.79 Å². The first-order chi connectivity index (χ1) is 6.25. The molecule has 2 N–H and O–H groups in total. The molecule has 0 atom stereocenters. The molecule has 2 rings (SSSR count). The average Bonchev–Trinajstić information content (AvgIpc) is 2.31. The molecule has 1 fully saturated rings. The lowest BCUT2D eigenvalue weighted by Crippen LogP contribution is -2.27. The maximum absolute atomic E-state index is 11.3. The molecule has 1 aromatic rings. The molecule has 5 heteroatoms.